The monoisotopic (exact) mass is 510 g/mol. The standard InChI is InChI=1S/C25H23N2S.HI/c1-3-26-19(14-13-18-9-5-7-11-22(18)26)17-20-15-16-24-25(27(20)4-2)21-10-6-8-12-23(21)28-24;/h5-17H,3-4H2,1-2H3;1H/q+1;/p-1. The predicted molar refractivity (Wildman–Crippen MR) is 122 cm³/mol. The molecule has 0 saturated carbocycles. The van der Waals surface area contributed by atoms with Gasteiger partial charge in [0.25, 0.3) is 0 Å². The van der Waals surface area contributed by atoms with Gasteiger partial charge in [-0.1, -0.05) is 36.4 Å². The molecule has 29 heavy (non-hydrogen) atoms. The van der Waals surface area contributed by atoms with Gasteiger partial charge in [-0.3, -0.25) is 0 Å². The number of pyridine rings is 1. The summed E-state index contributed by atoms with van der Waals surface area (Å²) in [6.07, 6.45) is 6.79. The maximum atomic E-state index is 2.45. The van der Waals surface area contributed by atoms with Gasteiger partial charge in [-0.25, -0.2) is 0 Å². The molecule has 1 aliphatic heterocycles. The van der Waals surface area contributed by atoms with Crippen LogP contribution in [-0.4, -0.2) is 6.54 Å². The Bertz CT molecular complexity index is 1250. The van der Waals surface area contributed by atoms with Gasteiger partial charge in [-0.05, 0) is 49.8 Å². The normalized spacial score (nSPS) is 14.4. The van der Waals surface area contributed by atoms with Crippen LogP contribution in [0.3, 0.4) is 0 Å². The highest BCUT2D eigenvalue weighted by Gasteiger charge is 2.21. The second kappa shape index (κ2) is 8.28. The van der Waals surface area contributed by atoms with Gasteiger partial charge in [0.15, 0.2) is 0 Å². The third-order valence-electron chi connectivity index (χ3n) is 5.48. The summed E-state index contributed by atoms with van der Waals surface area (Å²) in [5.74, 6) is 0. The number of anilines is 1. The zero-order valence-electron chi connectivity index (χ0n) is 16.6. The average Bonchev–Trinajstić information content (AvgIpc) is 3.12. The van der Waals surface area contributed by atoms with E-state index in [-0.39, 0.29) is 24.0 Å². The third-order valence-corrected chi connectivity index (χ3v) is 6.61. The largest absolute Gasteiger partial charge is 1.00 e. The molecule has 3 heterocycles. The van der Waals surface area contributed by atoms with Crippen molar-refractivity contribution in [2.75, 3.05) is 11.4 Å². The summed E-state index contributed by atoms with van der Waals surface area (Å²) < 4.78 is 5.15. The third kappa shape index (κ3) is 3.38. The van der Waals surface area contributed by atoms with E-state index in [1.165, 1.54) is 42.9 Å². The van der Waals surface area contributed by atoms with Crippen LogP contribution in [-0.2, 0) is 6.54 Å². The topological polar surface area (TPSA) is 7.12 Å². The number of nitrogens with zero attached hydrogens (tertiary/aromatic N) is 2. The first-order valence-corrected chi connectivity index (χ1v) is 10.7. The Kier molecular flexibility index (Phi) is 5.74. The molecule has 0 amide bonds. The molecule has 4 heteroatoms. The smallest absolute Gasteiger partial charge is 0.231 e. The number of para-hydroxylation sites is 1. The molecule has 0 bridgehead atoms. The molecule has 0 radical (unpaired) electrons. The van der Waals surface area contributed by atoms with Gasteiger partial charge in [0, 0.05) is 34.8 Å². The molecular weight excluding hydrogens is 487 g/mol. The number of aryl methyl sites for hydroxylation is 1. The molecule has 0 saturated heterocycles. The van der Waals surface area contributed by atoms with E-state index in [0.717, 1.165) is 13.1 Å². The van der Waals surface area contributed by atoms with Gasteiger partial charge < -0.3 is 28.9 Å². The van der Waals surface area contributed by atoms with Gasteiger partial charge >= 0.3 is 0 Å². The molecule has 2 aromatic heterocycles. The SMILES string of the molecule is CCN1/C(=C/c2ccc3sc4ccccc4c3[n+]2CC)C=Cc2ccccc21.[I-]. The second-order valence-corrected chi connectivity index (χ2v) is 8.10. The van der Waals surface area contributed by atoms with Crippen molar-refractivity contribution in [2.45, 2.75) is 20.4 Å². The fraction of sp³-hybridized carbons (Fsp3) is 0.160. The van der Waals surface area contributed by atoms with Crippen molar-refractivity contribution in [3.05, 3.63) is 83.7 Å². The molecule has 2 nitrogen and oxygen atoms in total. The van der Waals surface area contributed by atoms with Crippen LogP contribution in [0.5, 0.6) is 0 Å². The number of likely N-dealkylation sites (N-methyl/N-ethyl adjacent to an activating group) is 1. The number of rotatable bonds is 3. The van der Waals surface area contributed by atoms with E-state index in [2.05, 4.69) is 102 Å². The van der Waals surface area contributed by atoms with E-state index in [1.54, 1.807) is 0 Å². The van der Waals surface area contributed by atoms with Crippen LogP contribution in [0.25, 0.3) is 32.5 Å². The Hall–Kier alpha value is -2.18. The van der Waals surface area contributed by atoms with E-state index >= 15 is 0 Å². The van der Waals surface area contributed by atoms with E-state index in [1.807, 2.05) is 11.3 Å². The van der Waals surface area contributed by atoms with Crippen LogP contribution < -0.4 is 33.4 Å². The van der Waals surface area contributed by atoms with Crippen molar-refractivity contribution in [3.8, 4) is 0 Å². The lowest BCUT2D eigenvalue weighted by Crippen LogP contribution is -3.00. The van der Waals surface area contributed by atoms with E-state index < -0.39 is 0 Å². The van der Waals surface area contributed by atoms with E-state index in [9.17, 15) is 0 Å². The van der Waals surface area contributed by atoms with Crippen molar-refractivity contribution >= 4 is 49.5 Å². The number of thiophene rings is 1. The Morgan fingerprint density at radius 1 is 0.897 bits per heavy atom. The van der Waals surface area contributed by atoms with Crippen LogP contribution >= 0.6 is 11.3 Å². The van der Waals surface area contributed by atoms with Crippen LogP contribution in [0, 0.1) is 0 Å². The number of halogens is 1. The van der Waals surface area contributed by atoms with Crippen molar-refractivity contribution in [3.63, 3.8) is 0 Å². The van der Waals surface area contributed by atoms with Crippen LogP contribution in [0.2, 0.25) is 0 Å². The highest BCUT2D eigenvalue weighted by atomic mass is 127. The molecule has 0 spiro atoms. The van der Waals surface area contributed by atoms with E-state index in [0.29, 0.717) is 0 Å². The molecule has 0 unspecified atom stereocenters. The number of allylic oxidation sites excluding steroid dienone is 1. The Labute approximate surface area is 192 Å². The average molecular weight is 510 g/mol. The first kappa shape index (κ1) is 20.1. The highest BCUT2D eigenvalue weighted by molar-refractivity contribution is 7.25. The van der Waals surface area contributed by atoms with Crippen LogP contribution in [0.15, 0.2) is 72.4 Å². The molecule has 2 aromatic carbocycles. The van der Waals surface area contributed by atoms with Gasteiger partial charge in [0.2, 0.25) is 11.2 Å². The van der Waals surface area contributed by atoms with Gasteiger partial charge in [-0.15, -0.1) is 11.3 Å². The maximum Gasteiger partial charge on any atom is 0.231 e. The minimum atomic E-state index is 0. The minimum absolute atomic E-state index is 0. The van der Waals surface area contributed by atoms with Crippen molar-refractivity contribution in [1.82, 2.24) is 0 Å². The van der Waals surface area contributed by atoms with Crippen molar-refractivity contribution < 1.29 is 28.5 Å². The number of hydrogen-bond donors (Lipinski definition) is 0. The number of fused-ring (bicyclic) bond motifs is 4. The predicted octanol–water partition coefficient (Wildman–Crippen LogP) is 3.26. The number of aromatic nitrogens is 1. The lowest BCUT2D eigenvalue weighted by molar-refractivity contribution is -0.668. The molecule has 0 N–H and O–H groups in total. The molecule has 4 aromatic rings. The minimum Gasteiger partial charge on any atom is -1.00 e. The summed E-state index contributed by atoms with van der Waals surface area (Å²) in [6.45, 7) is 6.34. The molecule has 0 fully saturated rings. The summed E-state index contributed by atoms with van der Waals surface area (Å²) in [5.41, 5.74) is 6.40. The summed E-state index contributed by atoms with van der Waals surface area (Å²) in [5, 5.41) is 1.35. The van der Waals surface area contributed by atoms with Crippen LogP contribution in [0.1, 0.15) is 25.1 Å². The van der Waals surface area contributed by atoms with Gasteiger partial charge in [0.05, 0.1) is 5.39 Å². The first-order chi connectivity index (χ1) is 13.8. The summed E-state index contributed by atoms with van der Waals surface area (Å²) in [7, 11) is 0. The zero-order chi connectivity index (χ0) is 19.1. The van der Waals surface area contributed by atoms with Crippen molar-refractivity contribution in [1.29, 1.82) is 0 Å². The summed E-state index contributed by atoms with van der Waals surface area (Å²) in [4.78, 5) is 2.39. The fourth-order valence-electron chi connectivity index (χ4n) is 4.20. The van der Waals surface area contributed by atoms with Crippen LogP contribution in [0.4, 0.5) is 5.69 Å². The Morgan fingerprint density at radius 3 is 2.52 bits per heavy atom. The first-order valence-electron chi connectivity index (χ1n) is 9.90. The number of hydrogen-bond acceptors (Lipinski definition) is 2. The molecule has 0 atom stereocenters. The maximum absolute atomic E-state index is 2.45. The molecule has 5 rings (SSSR count). The molecule has 146 valence electrons. The van der Waals surface area contributed by atoms with Gasteiger partial charge in [-0.2, -0.15) is 4.57 Å². The molecular formula is C25H23IN2S. The highest BCUT2D eigenvalue weighted by Crippen LogP contribution is 2.33. The lowest BCUT2D eigenvalue weighted by Gasteiger charge is -2.29. The van der Waals surface area contributed by atoms with Crippen molar-refractivity contribution in [2.24, 2.45) is 0 Å². The summed E-state index contributed by atoms with van der Waals surface area (Å²) in [6, 6.07) is 21.9. The second-order valence-electron chi connectivity index (χ2n) is 7.02. The number of benzene rings is 2. The molecule has 0 aliphatic carbocycles. The molecule has 1 aliphatic rings. The Morgan fingerprint density at radius 2 is 1.69 bits per heavy atom. The Balaban J connectivity index is 0.00000205. The fourth-order valence-corrected chi connectivity index (χ4v) is 5.31. The van der Waals surface area contributed by atoms with E-state index in [4.69, 9.17) is 0 Å². The quantitative estimate of drug-likeness (QED) is 0.303. The zero-order valence-corrected chi connectivity index (χ0v) is 19.6. The summed E-state index contributed by atoms with van der Waals surface area (Å²) >= 11 is 1.88. The van der Waals surface area contributed by atoms with Gasteiger partial charge in [0.1, 0.15) is 11.2 Å². The lowest BCUT2D eigenvalue weighted by atomic mass is 10.0.